The predicted molar refractivity (Wildman–Crippen MR) is 137 cm³/mol. The molecule has 2 rings (SSSR count). The van der Waals surface area contributed by atoms with Crippen LogP contribution in [-0.2, 0) is 0 Å². The molecule has 0 N–H and O–H groups in total. The van der Waals surface area contributed by atoms with Gasteiger partial charge >= 0.3 is 0 Å². The first-order valence-corrected chi connectivity index (χ1v) is 13.2. The van der Waals surface area contributed by atoms with Gasteiger partial charge in [0.25, 0.3) is 0 Å². The van der Waals surface area contributed by atoms with Crippen LogP contribution in [0.3, 0.4) is 0 Å². The summed E-state index contributed by atoms with van der Waals surface area (Å²) in [7, 11) is 0. The molecule has 0 fully saturated rings. The van der Waals surface area contributed by atoms with Crippen LogP contribution in [0.4, 0.5) is 0 Å². The maximum absolute atomic E-state index is 2.48. The Morgan fingerprint density at radius 3 is 1.73 bits per heavy atom. The number of hydrogen-bond donors (Lipinski definition) is 0. The summed E-state index contributed by atoms with van der Waals surface area (Å²) in [6.07, 6.45) is 19.4. The van der Waals surface area contributed by atoms with E-state index in [1.54, 1.807) is 11.1 Å². The standard InChI is InChI=1S/C30H48/c1-5-7-9-11-13-15-19-25(3)28-24-23-27-21-17-18-22-29(27)30(28)26(4)20-16-14-12-10-8-6-2/h17-18,21-26H,5-16,19-20H2,1-4H3. The van der Waals surface area contributed by atoms with Crippen molar-refractivity contribution in [2.75, 3.05) is 0 Å². The SMILES string of the molecule is CCCCCCCCC(C)c1ccc2ccccc2c1C(C)CCCCCCCC. The van der Waals surface area contributed by atoms with Gasteiger partial charge < -0.3 is 0 Å². The van der Waals surface area contributed by atoms with Crippen LogP contribution < -0.4 is 0 Å². The van der Waals surface area contributed by atoms with Gasteiger partial charge in [-0.3, -0.25) is 0 Å². The number of unbranched alkanes of at least 4 members (excludes halogenated alkanes) is 10. The van der Waals surface area contributed by atoms with Crippen molar-refractivity contribution in [2.45, 2.75) is 129 Å². The molecule has 2 unspecified atom stereocenters. The Morgan fingerprint density at radius 2 is 1.10 bits per heavy atom. The highest BCUT2D eigenvalue weighted by molar-refractivity contribution is 5.87. The molecule has 0 aliphatic rings. The molecule has 0 amide bonds. The molecule has 0 saturated heterocycles. The largest absolute Gasteiger partial charge is 0.0654 e. The molecule has 168 valence electrons. The fraction of sp³-hybridized carbons (Fsp3) is 0.667. The lowest BCUT2D eigenvalue weighted by Crippen LogP contribution is -2.05. The first-order valence-electron chi connectivity index (χ1n) is 13.2. The van der Waals surface area contributed by atoms with Crippen molar-refractivity contribution in [1.82, 2.24) is 0 Å². The molecule has 0 bridgehead atoms. The Hall–Kier alpha value is -1.30. The van der Waals surface area contributed by atoms with Crippen molar-refractivity contribution in [2.24, 2.45) is 0 Å². The van der Waals surface area contributed by atoms with E-state index in [-0.39, 0.29) is 0 Å². The molecule has 2 atom stereocenters. The van der Waals surface area contributed by atoms with Gasteiger partial charge in [0.15, 0.2) is 0 Å². The van der Waals surface area contributed by atoms with Crippen molar-refractivity contribution in [3.63, 3.8) is 0 Å². The first-order chi connectivity index (χ1) is 14.7. The highest BCUT2D eigenvalue weighted by Crippen LogP contribution is 2.37. The second kappa shape index (κ2) is 14.7. The first kappa shape index (κ1) is 25.0. The zero-order valence-corrected chi connectivity index (χ0v) is 20.5. The Morgan fingerprint density at radius 1 is 0.567 bits per heavy atom. The molecule has 2 aromatic rings. The summed E-state index contributed by atoms with van der Waals surface area (Å²) < 4.78 is 0. The van der Waals surface area contributed by atoms with Crippen LogP contribution in [0.15, 0.2) is 36.4 Å². The van der Waals surface area contributed by atoms with Crippen LogP contribution in [0, 0.1) is 0 Å². The molecule has 0 radical (unpaired) electrons. The van der Waals surface area contributed by atoms with E-state index in [4.69, 9.17) is 0 Å². The number of rotatable bonds is 16. The highest BCUT2D eigenvalue weighted by Gasteiger charge is 2.18. The molecule has 30 heavy (non-hydrogen) atoms. The Balaban J connectivity index is 2.03. The quantitative estimate of drug-likeness (QED) is 0.242. The summed E-state index contributed by atoms with van der Waals surface area (Å²) in [5, 5.41) is 2.92. The minimum atomic E-state index is 0.657. The van der Waals surface area contributed by atoms with E-state index in [0.717, 1.165) is 0 Å². The minimum absolute atomic E-state index is 0.657. The Bertz CT molecular complexity index is 698. The van der Waals surface area contributed by atoms with Crippen LogP contribution >= 0.6 is 0 Å². The summed E-state index contributed by atoms with van der Waals surface area (Å²) in [5.41, 5.74) is 3.28. The summed E-state index contributed by atoms with van der Waals surface area (Å²) in [6, 6.07) is 13.9. The Kier molecular flexibility index (Phi) is 12.2. The van der Waals surface area contributed by atoms with E-state index in [0.29, 0.717) is 11.8 Å². The molecular weight excluding hydrogens is 360 g/mol. The monoisotopic (exact) mass is 408 g/mol. The molecule has 0 saturated carbocycles. The number of hydrogen-bond acceptors (Lipinski definition) is 0. The fourth-order valence-electron chi connectivity index (χ4n) is 5.05. The van der Waals surface area contributed by atoms with Crippen molar-refractivity contribution in [1.29, 1.82) is 0 Å². The fourth-order valence-corrected chi connectivity index (χ4v) is 5.05. The van der Waals surface area contributed by atoms with E-state index in [2.05, 4.69) is 64.1 Å². The summed E-state index contributed by atoms with van der Waals surface area (Å²) >= 11 is 0. The topological polar surface area (TPSA) is 0 Å². The van der Waals surface area contributed by atoms with Crippen LogP contribution in [0.25, 0.3) is 10.8 Å². The van der Waals surface area contributed by atoms with E-state index in [9.17, 15) is 0 Å². The van der Waals surface area contributed by atoms with Crippen molar-refractivity contribution in [3.05, 3.63) is 47.5 Å². The van der Waals surface area contributed by atoms with E-state index in [1.807, 2.05) is 0 Å². The molecule has 0 nitrogen and oxygen atoms in total. The predicted octanol–water partition coefficient (Wildman–Crippen LogP) is 10.5. The summed E-state index contributed by atoms with van der Waals surface area (Å²) in [5.74, 6) is 1.33. The average Bonchev–Trinajstić information content (AvgIpc) is 2.77. The highest BCUT2D eigenvalue weighted by atomic mass is 14.2. The molecule has 0 aliphatic heterocycles. The van der Waals surface area contributed by atoms with Crippen molar-refractivity contribution < 1.29 is 0 Å². The van der Waals surface area contributed by atoms with Crippen LogP contribution in [-0.4, -0.2) is 0 Å². The maximum atomic E-state index is 2.48. The molecule has 0 heterocycles. The third-order valence-electron chi connectivity index (χ3n) is 7.01. The lowest BCUT2D eigenvalue weighted by Gasteiger charge is -2.23. The van der Waals surface area contributed by atoms with Gasteiger partial charge in [-0.1, -0.05) is 141 Å². The summed E-state index contributed by atoms with van der Waals surface area (Å²) in [6.45, 7) is 9.55. The molecule has 0 aliphatic carbocycles. The van der Waals surface area contributed by atoms with E-state index >= 15 is 0 Å². The second-order valence-corrected chi connectivity index (χ2v) is 9.70. The molecule has 0 spiro atoms. The molecule has 0 aromatic heterocycles. The third-order valence-corrected chi connectivity index (χ3v) is 7.01. The van der Waals surface area contributed by atoms with Gasteiger partial charge in [-0.25, -0.2) is 0 Å². The summed E-state index contributed by atoms with van der Waals surface area (Å²) in [4.78, 5) is 0. The van der Waals surface area contributed by atoms with Crippen molar-refractivity contribution in [3.8, 4) is 0 Å². The van der Waals surface area contributed by atoms with Crippen LogP contribution in [0.5, 0.6) is 0 Å². The average molecular weight is 409 g/mol. The lowest BCUT2D eigenvalue weighted by molar-refractivity contribution is 0.541. The number of fused-ring (bicyclic) bond motifs is 1. The lowest BCUT2D eigenvalue weighted by atomic mass is 9.81. The minimum Gasteiger partial charge on any atom is -0.0654 e. The third kappa shape index (κ3) is 8.09. The molecule has 2 aromatic carbocycles. The van der Waals surface area contributed by atoms with Gasteiger partial charge in [0.1, 0.15) is 0 Å². The zero-order valence-electron chi connectivity index (χ0n) is 20.5. The van der Waals surface area contributed by atoms with Gasteiger partial charge in [-0.2, -0.15) is 0 Å². The second-order valence-electron chi connectivity index (χ2n) is 9.70. The normalized spacial score (nSPS) is 13.6. The van der Waals surface area contributed by atoms with Gasteiger partial charge in [0.05, 0.1) is 0 Å². The van der Waals surface area contributed by atoms with Crippen molar-refractivity contribution >= 4 is 10.8 Å². The van der Waals surface area contributed by atoms with Gasteiger partial charge in [0, 0.05) is 0 Å². The van der Waals surface area contributed by atoms with Crippen LogP contribution in [0.2, 0.25) is 0 Å². The van der Waals surface area contributed by atoms with Gasteiger partial charge in [0.2, 0.25) is 0 Å². The Labute approximate surface area is 187 Å². The van der Waals surface area contributed by atoms with Crippen LogP contribution in [0.1, 0.15) is 141 Å². The van der Waals surface area contributed by atoms with Gasteiger partial charge in [-0.05, 0) is 46.6 Å². The van der Waals surface area contributed by atoms with E-state index < -0.39 is 0 Å². The molecule has 0 heteroatoms. The molecular formula is C30H48. The zero-order chi connectivity index (χ0) is 21.6. The maximum Gasteiger partial charge on any atom is -0.0146 e. The smallest absolute Gasteiger partial charge is 0.0146 e. The van der Waals surface area contributed by atoms with E-state index in [1.165, 1.54) is 101 Å². The number of benzene rings is 2. The van der Waals surface area contributed by atoms with Gasteiger partial charge in [-0.15, -0.1) is 0 Å².